The molecule has 5 nitrogen and oxygen atoms in total. The highest BCUT2D eigenvalue weighted by molar-refractivity contribution is 7.92. The molecule has 0 amide bonds. The predicted octanol–water partition coefficient (Wildman–Crippen LogP) is 9.89. The lowest BCUT2D eigenvalue weighted by Crippen LogP contribution is -2.63. The van der Waals surface area contributed by atoms with E-state index in [1.165, 1.54) is 48.5 Å². The molecule has 0 saturated heterocycles. The van der Waals surface area contributed by atoms with Gasteiger partial charge in [-0.1, -0.05) is 115 Å². The van der Waals surface area contributed by atoms with E-state index in [1.807, 2.05) is 0 Å². The molecule has 50 heavy (non-hydrogen) atoms. The molecule has 15 heteroatoms. The van der Waals surface area contributed by atoms with Gasteiger partial charge in [-0.3, -0.25) is 0 Å². The van der Waals surface area contributed by atoms with Crippen molar-refractivity contribution in [2.75, 3.05) is 0 Å². The van der Waals surface area contributed by atoms with E-state index in [0.29, 0.717) is 34.4 Å². The molecule has 1 aromatic heterocycles. The fourth-order valence-electron chi connectivity index (χ4n) is 5.16. The number of nitrogens with zero attached hydrogens (tertiary/aromatic N) is 3. The zero-order valence-corrected chi connectivity index (χ0v) is 25.8. The normalized spacial score (nSPS) is 13.1. The van der Waals surface area contributed by atoms with Crippen LogP contribution in [0.3, 0.4) is 0 Å². The zero-order valence-electron chi connectivity index (χ0n) is 25.0. The van der Waals surface area contributed by atoms with Gasteiger partial charge >= 0.3 is 23.3 Å². The van der Waals surface area contributed by atoms with Gasteiger partial charge in [0.15, 0.2) is 17.5 Å². The molecule has 1 heterocycles. The molecule has 6 aromatic rings. The van der Waals surface area contributed by atoms with Gasteiger partial charge in [0, 0.05) is 22.3 Å². The van der Waals surface area contributed by atoms with Gasteiger partial charge in [-0.2, -0.15) is 39.5 Å². The minimum atomic E-state index is -7.41. The molecular weight excluding hydrogens is 697 g/mol. The Kier molecular flexibility index (Phi) is 8.45. The molecule has 0 spiro atoms. The number of sulfone groups is 1. The summed E-state index contributed by atoms with van der Waals surface area (Å²) >= 11 is 0. The van der Waals surface area contributed by atoms with Crippen molar-refractivity contribution in [3.63, 3.8) is 0 Å². The average Bonchev–Trinajstić information content (AvgIpc) is 3.11. The van der Waals surface area contributed by atoms with Crippen LogP contribution in [0.25, 0.3) is 56.1 Å². The predicted molar refractivity (Wildman–Crippen MR) is 167 cm³/mol. The first-order valence-corrected chi connectivity index (χ1v) is 15.9. The van der Waals surface area contributed by atoms with Crippen LogP contribution in [0.5, 0.6) is 0 Å². The first-order valence-electron chi connectivity index (χ1n) is 14.4. The SMILES string of the molecule is O=S(=O)(c1ccc2ccccc2c1-c1ccc(-c2nc(-c3ccccc3)nc(-c3ccccc3)n2)cc1)C(F)(F)C(F)(F)C(F)(F)C(F)(F)F. The Morgan fingerprint density at radius 3 is 1.34 bits per heavy atom. The summed E-state index contributed by atoms with van der Waals surface area (Å²) in [4.78, 5) is 12.1. The Morgan fingerprint density at radius 2 is 0.860 bits per heavy atom. The minimum absolute atomic E-state index is 0.0964. The third-order valence-corrected chi connectivity index (χ3v) is 9.62. The van der Waals surface area contributed by atoms with E-state index in [-0.39, 0.29) is 22.2 Å². The van der Waals surface area contributed by atoms with Crippen LogP contribution >= 0.6 is 0 Å². The van der Waals surface area contributed by atoms with Crippen LogP contribution in [0.2, 0.25) is 0 Å². The average molecular weight is 718 g/mol. The van der Waals surface area contributed by atoms with E-state index in [1.54, 1.807) is 60.7 Å². The summed E-state index contributed by atoms with van der Waals surface area (Å²) in [5.74, 6) is -14.1. The van der Waals surface area contributed by atoms with Crippen LogP contribution in [0.1, 0.15) is 0 Å². The van der Waals surface area contributed by atoms with Crippen molar-refractivity contribution in [1.82, 2.24) is 15.0 Å². The highest BCUT2D eigenvalue weighted by Crippen LogP contribution is 2.56. The first kappa shape index (κ1) is 34.5. The second-order valence-corrected chi connectivity index (χ2v) is 12.9. The van der Waals surface area contributed by atoms with Crippen molar-refractivity contribution < 1.29 is 47.9 Å². The fraction of sp³-hybridized carbons (Fsp3) is 0.114. The molecule has 0 aliphatic heterocycles. The first-order chi connectivity index (χ1) is 23.5. The molecule has 0 unspecified atom stereocenters. The molecule has 0 atom stereocenters. The number of aromatic nitrogens is 3. The van der Waals surface area contributed by atoms with Gasteiger partial charge in [-0.25, -0.2) is 23.4 Å². The highest BCUT2D eigenvalue weighted by Gasteiger charge is 2.85. The van der Waals surface area contributed by atoms with Gasteiger partial charge < -0.3 is 0 Å². The number of alkyl halides is 9. The highest BCUT2D eigenvalue weighted by atomic mass is 32.2. The van der Waals surface area contributed by atoms with Crippen LogP contribution in [-0.2, 0) is 9.84 Å². The molecule has 5 aromatic carbocycles. The maximum Gasteiger partial charge on any atom is 0.460 e. The van der Waals surface area contributed by atoms with Gasteiger partial charge in [0.25, 0.3) is 9.84 Å². The lowest BCUT2D eigenvalue weighted by Gasteiger charge is -2.33. The van der Waals surface area contributed by atoms with E-state index < -0.39 is 43.6 Å². The van der Waals surface area contributed by atoms with Crippen molar-refractivity contribution in [2.24, 2.45) is 0 Å². The van der Waals surface area contributed by atoms with E-state index in [2.05, 4.69) is 15.0 Å². The number of fused-ring (bicyclic) bond motifs is 1. The Balaban J connectivity index is 1.51. The summed E-state index contributed by atoms with van der Waals surface area (Å²) in [6.07, 6.45) is -7.20. The quantitative estimate of drug-likeness (QED) is 0.147. The summed E-state index contributed by atoms with van der Waals surface area (Å²) in [7, 11) is -6.94. The summed E-state index contributed by atoms with van der Waals surface area (Å²) in [6, 6.07) is 29.9. The fourth-order valence-corrected chi connectivity index (χ4v) is 6.65. The minimum Gasteiger partial charge on any atom is -0.217 e. The molecule has 6 rings (SSSR count). The van der Waals surface area contributed by atoms with Crippen LogP contribution in [0, 0.1) is 0 Å². The van der Waals surface area contributed by atoms with Crippen molar-refractivity contribution >= 4 is 20.6 Å². The van der Waals surface area contributed by atoms with E-state index in [9.17, 15) is 39.2 Å². The molecule has 0 saturated carbocycles. The van der Waals surface area contributed by atoms with E-state index >= 15 is 8.78 Å². The topological polar surface area (TPSA) is 72.8 Å². The Hall–Kier alpha value is -5.31. The molecule has 256 valence electrons. The van der Waals surface area contributed by atoms with Crippen molar-refractivity contribution in [2.45, 2.75) is 28.2 Å². The zero-order chi connectivity index (χ0) is 36.1. The van der Waals surface area contributed by atoms with Crippen molar-refractivity contribution in [3.05, 3.63) is 121 Å². The van der Waals surface area contributed by atoms with Gasteiger partial charge in [-0.05, 0) is 22.4 Å². The Bertz CT molecular complexity index is 2240. The summed E-state index contributed by atoms with van der Waals surface area (Å²) < 4.78 is 152. The third-order valence-electron chi connectivity index (χ3n) is 7.76. The van der Waals surface area contributed by atoms with Crippen LogP contribution in [0.4, 0.5) is 39.5 Å². The lowest BCUT2D eigenvalue weighted by atomic mass is 9.97. The van der Waals surface area contributed by atoms with Crippen molar-refractivity contribution in [3.8, 4) is 45.3 Å². The Labute approximate surface area is 278 Å². The number of hydrogen-bond acceptors (Lipinski definition) is 5. The van der Waals surface area contributed by atoms with Gasteiger partial charge in [0.05, 0.1) is 4.90 Å². The largest absolute Gasteiger partial charge is 0.460 e. The summed E-state index contributed by atoms with van der Waals surface area (Å²) in [6.45, 7) is 0. The number of halogens is 9. The lowest BCUT2D eigenvalue weighted by molar-refractivity contribution is -0.382. The smallest absolute Gasteiger partial charge is 0.217 e. The Morgan fingerprint density at radius 1 is 0.440 bits per heavy atom. The van der Waals surface area contributed by atoms with Crippen molar-refractivity contribution in [1.29, 1.82) is 0 Å². The molecular formula is C35H20F9N3O2S. The maximum absolute atomic E-state index is 15.1. The van der Waals surface area contributed by atoms with E-state index in [4.69, 9.17) is 0 Å². The third kappa shape index (κ3) is 5.64. The van der Waals surface area contributed by atoms with Crippen LogP contribution in [0.15, 0.2) is 126 Å². The van der Waals surface area contributed by atoms with Crippen LogP contribution < -0.4 is 0 Å². The van der Waals surface area contributed by atoms with E-state index in [0.717, 1.165) is 6.07 Å². The number of rotatable bonds is 8. The second-order valence-electron chi connectivity index (χ2n) is 10.9. The molecule has 0 aliphatic rings. The molecule has 0 fully saturated rings. The molecule has 0 bridgehead atoms. The second kappa shape index (κ2) is 12.2. The number of benzene rings is 5. The summed E-state index contributed by atoms with van der Waals surface area (Å²) in [5, 5.41) is -6.79. The van der Waals surface area contributed by atoms with Gasteiger partial charge in [0.2, 0.25) is 0 Å². The van der Waals surface area contributed by atoms with Gasteiger partial charge in [-0.15, -0.1) is 0 Å². The van der Waals surface area contributed by atoms with Crippen LogP contribution in [-0.4, -0.2) is 46.6 Å². The molecule has 0 N–H and O–H groups in total. The maximum atomic E-state index is 15.1. The molecule has 0 radical (unpaired) electrons. The molecule has 0 aliphatic carbocycles. The summed E-state index contributed by atoms with van der Waals surface area (Å²) in [5.41, 5.74) is 0.795. The van der Waals surface area contributed by atoms with Gasteiger partial charge in [0.1, 0.15) is 0 Å². The standard InChI is InChI=1S/C35H20F9N3O2S/c36-32(37,34(40,41)42)33(38,39)35(43,44)50(48,49)27-20-19-21-9-7-8-14-26(21)28(27)22-15-17-25(18-16-22)31-46-29(23-10-3-1-4-11-23)45-30(47-31)24-12-5-2-6-13-24/h1-20H. The monoisotopic (exact) mass is 717 g/mol. The number of hydrogen-bond donors (Lipinski definition) is 0.